The number of anilines is 2. The molecule has 0 bridgehead atoms. The Morgan fingerprint density at radius 1 is 0.912 bits per heavy atom. The number of carbonyl (C=O) groups is 2. The van der Waals surface area contributed by atoms with Crippen LogP contribution in [-0.2, 0) is 27.8 Å². The lowest BCUT2D eigenvalue weighted by Crippen LogP contribution is -2.36. The number of sulfonamides is 1. The number of fused-ring (bicyclic) bond motifs is 1. The van der Waals surface area contributed by atoms with E-state index in [1.807, 2.05) is 31.2 Å². The Labute approximate surface area is 199 Å². The van der Waals surface area contributed by atoms with Gasteiger partial charge in [0.05, 0.1) is 4.90 Å². The molecule has 8 heteroatoms. The van der Waals surface area contributed by atoms with Crippen molar-refractivity contribution in [3.63, 3.8) is 0 Å². The fourth-order valence-electron chi connectivity index (χ4n) is 3.94. The molecule has 1 aliphatic rings. The van der Waals surface area contributed by atoms with E-state index in [1.54, 1.807) is 41.3 Å². The van der Waals surface area contributed by atoms with Crippen molar-refractivity contribution in [2.24, 2.45) is 0 Å². The second-order valence-electron chi connectivity index (χ2n) is 8.25. The number of rotatable bonds is 7. The lowest BCUT2D eigenvalue weighted by atomic mass is 9.98. The smallest absolute Gasteiger partial charge is 0.261 e. The molecule has 3 aromatic carbocycles. The van der Waals surface area contributed by atoms with E-state index in [9.17, 15) is 18.0 Å². The van der Waals surface area contributed by atoms with Crippen LogP contribution in [0.4, 0.5) is 11.4 Å². The summed E-state index contributed by atoms with van der Waals surface area (Å²) in [6.45, 7) is 2.96. The quantitative estimate of drug-likeness (QED) is 0.526. The van der Waals surface area contributed by atoms with Crippen molar-refractivity contribution in [3.8, 4) is 0 Å². The highest BCUT2D eigenvalue weighted by molar-refractivity contribution is 7.92. The summed E-state index contributed by atoms with van der Waals surface area (Å²) in [4.78, 5) is 26.4. The van der Waals surface area contributed by atoms with Crippen molar-refractivity contribution >= 4 is 33.2 Å². The number of carbonyl (C=O) groups excluding carboxylic acids is 2. The van der Waals surface area contributed by atoms with Gasteiger partial charge in [0.1, 0.15) is 0 Å². The third-order valence-corrected chi connectivity index (χ3v) is 7.10. The number of nitrogens with one attached hydrogen (secondary N) is 2. The summed E-state index contributed by atoms with van der Waals surface area (Å²) < 4.78 is 28.4. The van der Waals surface area contributed by atoms with Crippen LogP contribution in [0.15, 0.2) is 77.7 Å². The predicted octanol–water partition coefficient (Wildman–Crippen LogP) is 4.42. The first-order chi connectivity index (χ1) is 16.4. The maximum Gasteiger partial charge on any atom is 0.261 e. The molecule has 4 rings (SSSR count). The summed E-state index contributed by atoms with van der Waals surface area (Å²) in [5.41, 5.74) is 3.65. The summed E-state index contributed by atoms with van der Waals surface area (Å²) in [5, 5.41) is 2.74. The zero-order chi connectivity index (χ0) is 24.1. The Morgan fingerprint density at radius 2 is 1.62 bits per heavy atom. The normalized spacial score (nSPS) is 13.1. The molecule has 3 aromatic rings. The lowest BCUT2D eigenvalue weighted by Gasteiger charge is -2.29. The molecule has 34 heavy (non-hydrogen) atoms. The monoisotopic (exact) mass is 477 g/mol. The van der Waals surface area contributed by atoms with Gasteiger partial charge in [-0.05, 0) is 72.5 Å². The summed E-state index contributed by atoms with van der Waals surface area (Å²) in [6.07, 6.45) is 1.86. The standard InChI is InChI=1S/C26H27N3O4S/c1-2-6-25(30)27-22-11-13-24(14-12-22)34(32,33)28-23-10-9-19-15-16-29(18-21(19)17-23)26(31)20-7-4-3-5-8-20/h3-5,7-14,17,28H,2,6,15-16,18H2,1H3,(H,27,30). The average molecular weight is 478 g/mol. The van der Waals surface area contributed by atoms with Gasteiger partial charge in [-0.3, -0.25) is 14.3 Å². The summed E-state index contributed by atoms with van der Waals surface area (Å²) in [5.74, 6) is -0.145. The highest BCUT2D eigenvalue weighted by Gasteiger charge is 2.23. The Balaban J connectivity index is 1.46. The van der Waals surface area contributed by atoms with Crippen molar-refractivity contribution in [1.29, 1.82) is 0 Å². The molecule has 0 fully saturated rings. The van der Waals surface area contributed by atoms with Crippen LogP contribution >= 0.6 is 0 Å². The molecule has 0 radical (unpaired) electrons. The number of hydrogen-bond donors (Lipinski definition) is 2. The first-order valence-electron chi connectivity index (χ1n) is 11.2. The molecular weight excluding hydrogens is 450 g/mol. The Hall–Kier alpha value is -3.65. The van der Waals surface area contributed by atoms with Gasteiger partial charge in [0.15, 0.2) is 0 Å². The van der Waals surface area contributed by atoms with Crippen molar-refractivity contribution in [1.82, 2.24) is 4.90 Å². The highest BCUT2D eigenvalue weighted by atomic mass is 32.2. The van der Waals surface area contributed by atoms with Crippen LogP contribution in [-0.4, -0.2) is 31.7 Å². The van der Waals surface area contributed by atoms with Gasteiger partial charge in [-0.25, -0.2) is 8.42 Å². The maximum atomic E-state index is 12.9. The molecule has 1 heterocycles. The number of benzene rings is 3. The van der Waals surface area contributed by atoms with E-state index in [0.717, 1.165) is 17.5 Å². The van der Waals surface area contributed by atoms with E-state index in [2.05, 4.69) is 10.0 Å². The van der Waals surface area contributed by atoms with E-state index in [-0.39, 0.29) is 16.7 Å². The highest BCUT2D eigenvalue weighted by Crippen LogP contribution is 2.26. The molecule has 2 amide bonds. The number of hydrogen-bond acceptors (Lipinski definition) is 4. The molecule has 176 valence electrons. The second kappa shape index (κ2) is 10.1. The van der Waals surface area contributed by atoms with E-state index >= 15 is 0 Å². The van der Waals surface area contributed by atoms with Gasteiger partial charge in [-0.15, -0.1) is 0 Å². The molecule has 1 aliphatic heterocycles. The van der Waals surface area contributed by atoms with Crippen LogP contribution in [0.3, 0.4) is 0 Å². The number of nitrogens with zero attached hydrogens (tertiary/aromatic N) is 1. The van der Waals surface area contributed by atoms with Crippen LogP contribution < -0.4 is 10.0 Å². The third-order valence-electron chi connectivity index (χ3n) is 5.70. The molecule has 7 nitrogen and oxygen atoms in total. The van der Waals surface area contributed by atoms with Crippen molar-refractivity contribution in [2.75, 3.05) is 16.6 Å². The first-order valence-corrected chi connectivity index (χ1v) is 12.7. The molecular formula is C26H27N3O4S. The van der Waals surface area contributed by atoms with Gasteiger partial charge in [-0.1, -0.05) is 31.2 Å². The minimum Gasteiger partial charge on any atom is -0.334 e. The van der Waals surface area contributed by atoms with Gasteiger partial charge in [0, 0.05) is 36.4 Å². The predicted molar refractivity (Wildman–Crippen MR) is 132 cm³/mol. The van der Waals surface area contributed by atoms with Crippen LogP contribution in [0, 0.1) is 0 Å². The molecule has 0 aliphatic carbocycles. The van der Waals surface area contributed by atoms with E-state index in [0.29, 0.717) is 42.9 Å². The van der Waals surface area contributed by atoms with Crippen LogP contribution in [0.1, 0.15) is 41.3 Å². The van der Waals surface area contributed by atoms with E-state index in [1.165, 1.54) is 12.1 Å². The molecule has 2 N–H and O–H groups in total. The molecule has 0 aromatic heterocycles. The van der Waals surface area contributed by atoms with E-state index in [4.69, 9.17) is 0 Å². The Bertz CT molecular complexity index is 1290. The van der Waals surface area contributed by atoms with Gasteiger partial charge in [0.2, 0.25) is 5.91 Å². The minimum absolute atomic E-state index is 0.0386. The zero-order valence-electron chi connectivity index (χ0n) is 19.0. The van der Waals surface area contributed by atoms with Gasteiger partial charge in [-0.2, -0.15) is 0 Å². The molecule has 0 atom stereocenters. The maximum absolute atomic E-state index is 12.9. The largest absolute Gasteiger partial charge is 0.334 e. The molecule has 0 spiro atoms. The molecule has 0 saturated carbocycles. The van der Waals surface area contributed by atoms with Gasteiger partial charge >= 0.3 is 0 Å². The molecule has 0 unspecified atom stereocenters. The second-order valence-corrected chi connectivity index (χ2v) is 9.94. The zero-order valence-corrected chi connectivity index (χ0v) is 19.8. The van der Waals surface area contributed by atoms with Crippen molar-refractivity contribution in [3.05, 3.63) is 89.5 Å². The van der Waals surface area contributed by atoms with Crippen LogP contribution in [0.2, 0.25) is 0 Å². The summed E-state index contributed by atoms with van der Waals surface area (Å²) in [7, 11) is -3.81. The Morgan fingerprint density at radius 3 is 2.32 bits per heavy atom. The summed E-state index contributed by atoms with van der Waals surface area (Å²) in [6, 6.07) is 20.6. The van der Waals surface area contributed by atoms with Gasteiger partial charge < -0.3 is 10.2 Å². The van der Waals surface area contributed by atoms with Gasteiger partial charge in [0.25, 0.3) is 15.9 Å². The topological polar surface area (TPSA) is 95.6 Å². The fraction of sp³-hybridized carbons (Fsp3) is 0.231. The van der Waals surface area contributed by atoms with Crippen LogP contribution in [0.5, 0.6) is 0 Å². The fourth-order valence-corrected chi connectivity index (χ4v) is 4.99. The minimum atomic E-state index is -3.81. The first kappa shape index (κ1) is 23.5. The molecule has 0 saturated heterocycles. The Kier molecular flexibility index (Phi) is 6.98. The van der Waals surface area contributed by atoms with Crippen molar-refractivity contribution < 1.29 is 18.0 Å². The SMILES string of the molecule is CCCC(=O)Nc1ccc(S(=O)(=O)Nc2ccc3c(c2)CN(C(=O)c2ccccc2)CC3)cc1. The number of amides is 2. The van der Waals surface area contributed by atoms with E-state index < -0.39 is 10.0 Å². The third kappa shape index (κ3) is 5.46. The van der Waals surface area contributed by atoms with Crippen molar-refractivity contribution in [2.45, 2.75) is 37.6 Å². The summed E-state index contributed by atoms with van der Waals surface area (Å²) >= 11 is 0. The lowest BCUT2D eigenvalue weighted by molar-refractivity contribution is -0.116. The average Bonchev–Trinajstić information content (AvgIpc) is 2.84. The van der Waals surface area contributed by atoms with Crippen LogP contribution in [0.25, 0.3) is 0 Å².